The largest absolute Gasteiger partial charge is 0.488 e. The summed E-state index contributed by atoms with van der Waals surface area (Å²) in [4.78, 5) is 0. The minimum absolute atomic E-state index is 0.318. The van der Waals surface area contributed by atoms with Crippen LogP contribution >= 0.6 is 0 Å². The van der Waals surface area contributed by atoms with Gasteiger partial charge in [-0.05, 0) is 104 Å². The fraction of sp³-hybridized carbons (Fsp3) is 0.0588. The van der Waals surface area contributed by atoms with E-state index in [1.54, 1.807) is 0 Å². The summed E-state index contributed by atoms with van der Waals surface area (Å²) in [5.74, 6) is 1.25. The van der Waals surface area contributed by atoms with Crippen LogP contribution in [0.5, 0.6) is 5.75 Å². The van der Waals surface area contributed by atoms with Crippen LogP contribution < -0.4 is 4.74 Å². The SMILES string of the molecule is c1ccc(-c2ccc(C3Cc4ccc(-c5ccc6c(c5)c5ccccc5n6-c5cccc6c5-c5ccccc5CO6)cc4-c4ccccc43)cc2)cc1. The van der Waals surface area contributed by atoms with Gasteiger partial charge in [-0.2, -0.15) is 0 Å². The third-order valence-electron chi connectivity index (χ3n) is 11.5. The van der Waals surface area contributed by atoms with Gasteiger partial charge in [-0.3, -0.25) is 0 Å². The summed E-state index contributed by atoms with van der Waals surface area (Å²) in [6.45, 7) is 0.594. The van der Waals surface area contributed by atoms with E-state index in [4.69, 9.17) is 4.74 Å². The van der Waals surface area contributed by atoms with Crippen LogP contribution in [0.25, 0.3) is 72.0 Å². The van der Waals surface area contributed by atoms with Gasteiger partial charge < -0.3 is 9.30 Å². The fourth-order valence-electron chi connectivity index (χ4n) is 8.95. The Hall–Kier alpha value is -6.64. The summed E-state index contributed by atoms with van der Waals surface area (Å²) >= 11 is 0. The number of nitrogens with zero attached hydrogens (tertiary/aromatic N) is 1. The van der Waals surface area contributed by atoms with Crippen LogP contribution in [0.3, 0.4) is 0 Å². The van der Waals surface area contributed by atoms with Crippen LogP contribution in [0.2, 0.25) is 0 Å². The molecule has 8 aromatic carbocycles. The topological polar surface area (TPSA) is 14.2 Å². The third-order valence-corrected chi connectivity index (χ3v) is 11.5. The maximum absolute atomic E-state index is 6.30. The molecule has 0 saturated heterocycles. The molecule has 1 atom stereocenters. The number of ether oxygens (including phenoxy) is 1. The molecule has 0 bridgehead atoms. The average Bonchev–Trinajstić information content (AvgIpc) is 3.57. The number of aromatic nitrogens is 1. The number of benzene rings is 8. The molecule has 1 aliphatic carbocycles. The Balaban J connectivity index is 1.00. The highest BCUT2D eigenvalue weighted by atomic mass is 16.5. The maximum Gasteiger partial charge on any atom is 0.129 e. The summed E-state index contributed by atoms with van der Waals surface area (Å²) in [6.07, 6.45) is 0.984. The zero-order chi connectivity index (χ0) is 34.9. The molecular formula is C51H35NO. The Kier molecular flexibility index (Phi) is 6.78. The summed E-state index contributed by atoms with van der Waals surface area (Å²) < 4.78 is 8.72. The van der Waals surface area contributed by atoms with Gasteiger partial charge in [0.15, 0.2) is 0 Å². The van der Waals surface area contributed by atoms with E-state index in [1.165, 1.54) is 83.0 Å². The van der Waals surface area contributed by atoms with E-state index in [9.17, 15) is 0 Å². The van der Waals surface area contributed by atoms with Gasteiger partial charge in [0.25, 0.3) is 0 Å². The van der Waals surface area contributed by atoms with Crippen molar-refractivity contribution in [3.8, 4) is 55.9 Å². The molecule has 2 aliphatic rings. The normalized spacial score (nSPS) is 14.2. The van der Waals surface area contributed by atoms with Gasteiger partial charge in [0.05, 0.1) is 16.7 Å². The van der Waals surface area contributed by atoms with E-state index < -0.39 is 0 Å². The first-order valence-electron chi connectivity index (χ1n) is 18.5. The molecule has 1 aliphatic heterocycles. The molecule has 0 N–H and O–H groups in total. The maximum atomic E-state index is 6.30. The van der Waals surface area contributed by atoms with Crippen LogP contribution in [-0.4, -0.2) is 4.57 Å². The number of fused-ring (bicyclic) bond motifs is 9. The van der Waals surface area contributed by atoms with Gasteiger partial charge in [-0.1, -0.05) is 146 Å². The zero-order valence-electron chi connectivity index (χ0n) is 29.2. The quantitative estimate of drug-likeness (QED) is 0.181. The van der Waals surface area contributed by atoms with E-state index in [2.05, 4.69) is 187 Å². The van der Waals surface area contributed by atoms with E-state index in [-0.39, 0.29) is 0 Å². The minimum Gasteiger partial charge on any atom is -0.488 e. The Bertz CT molecular complexity index is 2860. The zero-order valence-corrected chi connectivity index (χ0v) is 29.2. The molecule has 2 heterocycles. The van der Waals surface area contributed by atoms with Crippen LogP contribution in [0.15, 0.2) is 182 Å². The van der Waals surface area contributed by atoms with Gasteiger partial charge in [0.2, 0.25) is 0 Å². The number of para-hydroxylation sites is 1. The van der Waals surface area contributed by atoms with Crippen LogP contribution in [0.4, 0.5) is 0 Å². The van der Waals surface area contributed by atoms with Crippen molar-refractivity contribution in [1.82, 2.24) is 4.57 Å². The highest BCUT2D eigenvalue weighted by Gasteiger charge is 2.27. The lowest BCUT2D eigenvalue weighted by Gasteiger charge is -2.29. The minimum atomic E-state index is 0.318. The molecule has 53 heavy (non-hydrogen) atoms. The molecule has 9 aromatic rings. The second-order valence-electron chi connectivity index (χ2n) is 14.4. The van der Waals surface area contributed by atoms with Crippen molar-refractivity contribution in [2.45, 2.75) is 18.9 Å². The van der Waals surface area contributed by atoms with E-state index in [1.807, 2.05) is 0 Å². The van der Waals surface area contributed by atoms with Crippen LogP contribution in [-0.2, 0) is 13.0 Å². The molecule has 0 fully saturated rings. The first kappa shape index (κ1) is 30.0. The molecule has 250 valence electrons. The summed E-state index contributed by atoms with van der Waals surface area (Å²) in [5.41, 5.74) is 19.0. The molecule has 0 radical (unpaired) electrons. The van der Waals surface area contributed by atoms with Crippen molar-refractivity contribution in [2.75, 3.05) is 0 Å². The monoisotopic (exact) mass is 677 g/mol. The molecular weight excluding hydrogens is 643 g/mol. The van der Waals surface area contributed by atoms with Crippen molar-refractivity contribution in [1.29, 1.82) is 0 Å². The fourth-order valence-corrected chi connectivity index (χ4v) is 8.95. The Morgan fingerprint density at radius 1 is 0.453 bits per heavy atom. The Morgan fingerprint density at radius 3 is 2.06 bits per heavy atom. The molecule has 1 aromatic heterocycles. The number of hydrogen-bond donors (Lipinski definition) is 0. The Labute approximate surface area is 309 Å². The van der Waals surface area contributed by atoms with Gasteiger partial charge in [-0.15, -0.1) is 0 Å². The lowest BCUT2D eigenvalue weighted by atomic mass is 9.75. The van der Waals surface area contributed by atoms with Crippen molar-refractivity contribution in [2.24, 2.45) is 0 Å². The first-order valence-corrected chi connectivity index (χ1v) is 18.5. The molecule has 0 amide bonds. The third kappa shape index (κ3) is 4.80. The summed E-state index contributed by atoms with van der Waals surface area (Å²) in [7, 11) is 0. The molecule has 1 unspecified atom stereocenters. The molecule has 2 heteroatoms. The Morgan fingerprint density at radius 2 is 1.15 bits per heavy atom. The molecule has 11 rings (SSSR count). The van der Waals surface area contributed by atoms with Crippen molar-refractivity contribution in [3.63, 3.8) is 0 Å². The smallest absolute Gasteiger partial charge is 0.129 e. The van der Waals surface area contributed by atoms with Gasteiger partial charge in [0, 0.05) is 22.3 Å². The van der Waals surface area contributed by atoms with E-state index in [0.29, 0.717) is 12.5 Å². The summed E-state index contributed by atoms with van der Waals surface area (Å²) in [5, 5.41) is 2.49. The lowest BCUT2D eigenvalue weighted by molar-refractivity contribution is 0.302. The summed E-state index contributed by atoms with van der Waals surface area (Å²) in [6, 6.07) is 66.8. The first-order chi connectivity index (χ1) is 26.3. The van der Waals surface area contributed by atoms with E-state index >= 15 is 0 Å². The second-order valence-corrected chi connectivity index (χ2v) is 14.4. The van der Waals surface area contributed by atoms with Crippen LogP contribution in [0.1, 0.15) is 28.2 Å². The van der Waals surface area contributed by atoms with E-state index in [0.717, 1.165) is 23.4 Å². The van der Waals surface area contributed by atoms with Crippen molar-refractivity contribution >= 4 is 21.8 Å². The van der Waals surface area contributed by atoms with Gasteiger partial charge in [0.1, 0.15) is 12.4 Å². The predicted octanol–water partition coefficient (Wildman–Crippen LogP) is 13.0. The number of rotatable bonds is 4. The van der Waals surface area contributed by atoms with Crippen molar-refractivity contribution in [3.05, 3.63) is 204 Å². The number of hydrogen-bond acceptors (Lipinski definition) is 1. The van der Waals surface area contributed by atoms with Gasteiger partial charge >= 0.3 is 0 Å². The molecule has 0 spiro atoms. The standard InChI is InChI=1S/C51H35NO/c1-2-11-33(12-3-1)34-21-23-35(24-22-34)44-31-38-26-25-36(29-45(38)42-16-7-6-15-41(42)44)37-27-28-48-46(30-37)43-17-8-9-18-47(43)52(48)49-19-10-20-50-51(49)40-14-5-4-13-39(40)32-53-50/h1-30,44H,31-32H2. The molecule has 0 saturated carbocycles. The van der Waals surface area contributed by atoms with Crippen LogP contribution in [0, 0.1) is 0 Å². The average molecular weight is 678 g/mol. The highest BCUT2D eigenvalue weighted by Crippen LogP contribution is 2.47. The van der Waals surface area contributed by atoms with Gasteiger partial charge in [-0.25, -0.2) is 0 Å². The van der Waals surface area contributed by atoms with Crippen molar-refractivity contribution < 1.29 is 4.74 Å². The second kappa shape index (κ2) is 12.0. The predicted molar refractivity (Wildman–Crippen MR) is 219 cm³/mol. The lowest BCUT2D eigenvalue weighted by Crippen LogP contribution is -2.12. The molecule has 2 nitrogen and oxygen atoms in total. The highest BCUT2D eigenvalue weighted by molar-refractivity contribution is 6.11.